The van der Waals surface area contributed by atoms with Crippen LogP contribution >= 0.6 is 12.4 Å². The molecule has 3 rings (SSSR count). The molecule has 9 heteroatoms. The largest absolute Gasteiger partial charge is 0.374 e. The Kier molecular flexibility index (Phi) is 8.67. The van der Waals surface area contributed by atoms with Crippen LogP contribution in [0.1, 0.15) is 49.8 Å². The summed E-state index contributed by atoms with van der Waals surface area (Å²) in [7, 11) is 0. The van der Waals surface area contributed by atoms with E-state index in [2.05, 4.69) is 20.8 Å². The Labute approximate surface area is 188 Å². The highest BCUT2D eigenvalue weighted by Crippen LogP contribution is 2.21. The second-order valence-electron chi connectivity index (χ2n) is 7.82. The van der Waals surface area contributed by atoms with E-state index in [1.165, 1.54) is 0 Å². The summed E-state index contributed by atoms with van der Waals surface area (Å²) in [4.78, 5) is 12.6. The highest BCUT2D eigenvalue weighted by molar-refractivity contribution is 5.85. The van der Waals surface area contributed by atoms with Gasteiger partial charge in [0.1, 0.15) is 6.04 Å². The van der Waals surface area contributed by atoms with Crippen molar-refractivity contribution in [2.75, 3.05) is 6.61 Å². The highest BCUT2D eigenvalue weighted by atomic mass is 35.5. The number of hydrogen-bond donors (Lipinski definition) is 2. The summed E-state index contributed by atoms with van der Waals surface area (Å²) in [6.07, 6.45) is 0. The van der Waals surface area contributed by atoms with Crippen molar-refractivity contribution in [2.24, 2.45) is 5.73 Å². The maximum Gasteiger partial charge on any atom is 0.240 e. The molecule has 0 aliphatic heterocycles. The molecule has 2 atom stereocenters. The summed E-state index contributed by atoms with van der Waals surface area (Å²) < 4.78 is 7.60. The van der Waals surface area contributed by atoms with Gasteiger partial charge >= 0.3 is 0 Å². The van der Waals surface area contributed by atoms with Crippen LogP contribution in [0.25, 0.3) is 0 Å². The van der Waals surface area contributed by atoms with Crippen LogP contribution in [-0.4, -0.2) is 38.3 Å². The zero-order valence-electron chi connectivity index (χ0n) is 17.9. The van der Waals surface area contributed by atoms with Gasteiger partial charge in [-0.3, -0.25) is 4.79 Å². The number of carbonyl (C=O) groups excluding carboxylic acids is 1. The lowest BCUT2D eigenvalue weighted by molar-refractivity contribution is -0.126. The van der Waals surface area contributed by atoms with Gasteiger partial charge in [-0.25, -0.2) is 4.68 Å². The lowest BCUT2D eigenvalue weighted by Crippen LogP contribution is -2.51. The molecular weight excluding hydrogens is 416 g/mol. The fraction of sp³-hybridized carbons (Fsp3) is 0.364. The lowest BCUT2D eigenvalue weighted by atomic mass is 10.1. The number of amides is 1. The summed E-state index contributed by atoms with van der Waals surface area (Å²) >= 11 is 0. The Morgan fingerprint density at radius 3 is 2.35 bits per heavy atom. The van der Waals surface area contributed by atoms with Gasteiger partial charge in [-0.2, -0.15) is 0 Å². The molecule has 3 aromatic rings. The van der Waals surface area contributed by atoms with Crippen molar-refractivity contribution in [2.45, 2.75) is 45.0 Å². The van der Waals surface area contributed by atoms with Crippen LogP contribution in [0, 0.1) is 0 Å². The van der Waals surface area contributed by atoms with Crippen molar-refractivity contribution in [3.63, 3.8) is 0 Å². The van der Waals surface area contributed by atoms with E-state index in [-0.39, 0.29) is 31.0 Å². The number of aromatic nitrogens is 4. The number of nitrogens with one attached hydrogen (secondary N) is 1. The van der Waals surface area contributed by atoms with Gasteiger partial charge < -0.3 is 15.8 Å². The number of halogens is 1. The van der Waals surface area contributed by atoms with Crippen molar-refractivity contribution in [3.8, 4) is 0 Å². The van der Waals surface area contributed by atoms with Gasteiger partial charge in [0, 0.05) is 0 Å². The van der Waals surface area contributed by atoms with Gasteiger partial charge in [-0.1, -0.05) is 60.7 Å². The zero-order chi connectivity index (χ0) is 21.6. The van der Waals surface area contributed by atoms with Crippen molar-refractivity contribution < 1.29 is 9.53 Å². The van der Waals surface area contributed by atoms with Crippen LogP contribution < -0.4 is 11.1 Å². The first kappa shape index (κ1) is 24.5. The minimum atomic E-state index is -1.04. The van der Waals surface area contributed by atoms with Gasteiger partial charge in [0.2, 0.25) is 5.91 Å². The van der Waals surface area contributed by atoms with Crippen molar-refractivity contribution in [1.82, 2.24) is 25.5 Å². The third-order valence-electron chi connectivity index (χ3n) is 4.77. The number of carbonyl (C=O) groups is 1. The Morgan fingerprint density at radius 1 is 1.13 bits per heavy atom. The van der Waals surface area contributed by atoms with Crippen molar-refractivity contribution >= 4 is 18.3 Å². The van der Waals surface area contributed by atoms with Crippen molar-refractivity contribution in [1.29, 1.82) is 0 Å². The monoisotopic (exact) mass is 444 g/mol. The molecule has 0 radical (unpaired) electrons. The maximum atomic E-state index is 12.6. The number of ether oxygens (including phenoxy) is 1. The number of nitrogens with two attached hydrogens (primary N) is 1. The van der Waals surface area contributed by atoms with Crippen LogP contribution in [0.4, 0.5) is 0 Å². The molecule has 0 spiro atoms. The Morgan fingerprint density at radius 2 is 1.74 bits per heavy atom. The molecular formula is C22H29ClN6O2. The molecule has 0 saturated heterocycles. The molecule has 0 bridgehead atoms. The molecule has 0 aliphatic carbocycles. The van der Waals surface area contributed by atoms with E-state index in [0.717, 1.165) is 11.1 Å². The first-order valence-electron chi connectivity index (χ1n) is 9.90. The van der Waals surface area contributed by atoms with Crippen molar-refractivity contribution in [3.05, 3.63) is 77.6 Å². The maximum absolute atomic E-state index is 12.6. The molecule has 166 valence electrons. The van der Waals surface area contributed by atoms with Crippen LogP contribution in [0.2, 0.25) is 0 Å². The topological polar surface area (TPSA) is 108 Å². The number of hydrogen-bond acceptors (Lipinski definition) is 6. The average molecular weight is 445 g/mol. The summed E-state index contributed by atoms with van der Waals surface area (Å²) in [5, 5.41) is 15.1. The molecule has 0 fully saturated rings. The number of nitrogens with zero attached hydrogens (tertiary/aromatic N) is 4. The van der Waals surface area contributed by atoms with Crippen LogP contribution in [0.5, 0.6) is 0 Å². The average Bonchev–Trinajstić information content (AvgIpc) is 3.23. The van der Waals surface area contributed by atoms with Gasteiger partial charge in [0.15, 0.2) is 5.82 Å². The van der Waals surface area contributed by atoms with Gasteiger partial charge in [0.25, 0.3) is 0 Å². The Balaban J connectivity index is 0.00000341. The van der Waals surface area contributed by atoms with Gasteiger partial charge in [0.05, 0.1) is 24.8 Å². The molecule has 1 aromatic heterocycles. The van der Waals surface area contributed by atoms with Crippen LogP contribution in [0.3, 0.4) is 0 Å². The third kappa shape index (κ3) is 6.58. The molecule has 3 N–H and O–H groups in total. The standard InChI is InChI=1S/C22H28N6O2.ClH/c1-16(18-12-8-5-9-13-18)28-20(25-26-27-28)19(24-21(29)22(2,3)23)15-30-14-17-10-6-4-7-11-17;/h4-13,16,19H,14-15,23H2,1-3H3,(H,24,29);1H/t16?,19-;/m1./s1. The first-order valence-corrected chi connectivity index (χ1v) is 9.90. The van der Waals surface area contributed by atoms with E-state index in [1.54, 1.807) is 18.5 Å². The molecule has 0 saturated carbocycles. The van der Waals surface area contributed by atoms with Gasteiger partial charge in [-0.05, 0) is 42.3 Å². The molecule has 0 aliphatic rings. The van der Waals surface area contributed by atoms with E-state index in [4.69, 9.17) is 10.5 Å². The normalized spacial score (nSPS) is 13.2. The predicted molar refractivity (Wildman–Crippen MR) is 121 cm³/mol. The highest BCUT2D eigenvalue weighted by Gasteiger charge is 2.29. The predicted octanol–water partition coefficient (Wildman–Crippen LogP) is 2.82. The SMILES string of the molecule is CC(c1ccccc1)n1nnnc1[C@@H](COCc1ccccc1)NC(=O)C(C)(C)N.Cl. The third-order valence-corrected chi connectivity index (χ3v) is 4.77. The molecule has 1 heterocycles. The molecule has 31 heavy (non-hydrogen) atoms. The second kappa shape index (κ2) is 11.0. The molecule has 1 amide bonds. The molecule has 8 nitrogen and oxygen atoms in total. The number of tetrazole rings is 1. The summed E-state index contributed by atoms with van der Waals surface area (Å²) in [6, 6.07) is 19.1. The van der Waals surface area contributed by atoms with E-state index in [0.29, 0.717) is 12.4 Å². The van der Waals surface area contributed by atoms with E-state index in [1.807, 2.05) is 67.6 Å². The number of rotatable bonds is 9. The quantitative estimate of drug-likeness (QED) is 0.525. The molecule has 1 unspecified atom stereocenters. The minimum absolute atomic E-state index is 0. The Hall–Kier alpha value is -2.81. The molecule has 2 aromatic carbocycles. The van der Waals surface area contributed by atoms with E-state index in [9.17, 15) is 4.79 Å². The van der Waals surface area contributed by atoms with E-state index < -0.39 is 11.6 Å². The summed E-state index contributed by atoms with van der Waals surface area (Å²) in [6.45, 7) is 5.93. The Bertz CT molecular complexity index is 943. The smallest absolute Gasteiger partial charge is 0.240 e. The van der Waals surface area contributed by atoms with Crippen LogP contribution in [0.15, 0.2) is 60.7 Å². The minimum Gasteiger partial charge on any atom is -0.374 e. The fourth-order valence-corrected chi connectivity index (χ4v) is 2.97. The van der Waals surface area contributed by atoms with E-state index >= 15 is 0 Å². The summed E-state index contributed by atoms with van der Waals surface area (Å²) in [5.41, 5.74) is 7.03. The first-order chi connectivity index (χ1) is 14.4. The van der Waals surface area contributed by atoms with Crippen LogP contribution in [-0.2, 0) is 16.1 Å². The number of benzene rings is 2. The second-order valence-corrected chi connectivity index (χ2v) is 7.82. The zero-order valence-corrected chi connectivity index (χ0v) is 18.7. The summed E-state index contributed by atoms with van der Waals surface area (Å²) in [5.74, 6) is 0.203. The lowest BCUT2D eigenvalue weighted by Gasteiger charge is -2.25. The van der Waals surface area contributed by atoms with Gasteiger partial charge in [-0.15, -0.1) is 17.5 Å². The fourth-order valence-electron chi connectivity index (χ4n) is 2.97.